The number of halogens is 3. The Morgan fingerprint density at radius 1 is 1.33 bits per heavy atom. The van der Waals surface area contributed by atoms with Crippen molar-refractivity contribution in [1.29, 1.82) is 0 Å². The molecule has 0 spiro atoms. The Labute approximate surface area is 157 Å². The molecule has 24 heavy (non-hydrogen) atoms. The summed E-state index contributed by atoms with van der Waals surface area (Å²) in [4.78, 5) is 6.28. The van der Waals surface area contributed by atoms with Crippen LogP contribution in [0.4, 0.5) is 8.78 Å². The minimum absolute atomic E-state index is 0. The summed E-state index contributed by atoms with van der Waals surface area (Å²) in [7, 11) is 0. The molecule has 0 bridgehead atoms. The molecule has 1 saturated heterocycles. The van der Waals surface area contributed by atoms with Gasteiger partial charge in [-0.25, -0.2) is 4.99 Å². The quantitative estimate of drug-likeness (QED) is 0.404. The summed E-state index contributed by atoms with van der Waals surface area (Å²) in [6.45, 7) is 2.24. The summed E-state index contributed by atoms with van der Waals surface area (Å²) in [6.07, 6.45) is 0. The summed E-state index contributed by atoms with van der Waals surface area (Å²) >= 11 is 0. The number of nitrogens with two attached hydrogens (primary N) is 1. The fourth-order valence-electron chi connectivity index (χ4n) is 2.18. The van der Waals surface area contributed by atoms with Crippen LogP contribution in [0.15, 0.2) is 23.2 Å². The van der Waals surface area contributed by atoms with Crippen molar-refractivity contribution in [1.82, 2.24) is 4.90 Å². The number of guanidine groups is 1. The first kappa shape index (κ1) is 20.7. The third-order valence-corrected chi connectivity index (χ3v) is 3.28. The Morgan fingerprint density at radius 3 is 2.67 bits per heavy atom. The van der Waals surface area contributed by atoms with Crippen LogP contribution in [0.1, 0.15) is 12.5 Å². The van der Waals surface area contributed by atoms with Gasteiger partial charge >= 0.3 is 6.61 Å². The largest absolute Gasteiger partial charge is 0.490 e. The lowest BCUT2D eigenvalue weighted by Gasteiger charge is -2.27. The average Bonchev–Trinajstić information content (AvgIpc) is 2.55. The van der Waals surface area contributed by atoms with Gasteiger partial charge in [-0.3, -0.25) is 0 Å². The highest BCUT2D eigenvalue weighted by atomic mass is 127. The van der Waals surface area contributed by atoms with Gasteiger partial charge in [0.05, 0.1) is 26.4 Å². The third kappa shape index (κ3) is 6.27. The molecule has 0 atom stereocenters. The van der Waals surface area contributed by atoms with E-state index < -0.39 is 6.61 Å². The van der Waals surface area contributed by atoms with Crippen molar-refractivity contribution in [3.05, 3.63) is 23.8 Å². The fraction of sp³-hybridized carbons (Fsp3) is 0.533. The second kappa shape index (κ2) is 10.5. The van der Waals surface area contributed by atoms with Crippen LogP contribution in [0.25, 0.3) is 0 Å². The summed E-state index contributed by atoms with van der Waals surface area (Å²) in [5, 5.41) is 0. The van der Waals surface area contributed by atoms with Gasteiger partial charge in [0, 0.05) is 13.1 Å². The fourth-order valence-corrected chi connectivity index (χ4v) is 2.18. The Hall–Kier alpha value is -1.36. The molecule has 0 saturated carbocycles. The van der Waals surface area contributed by atoms with Crippen molar-refractivity contribution in [2.75, 3.05) is 32.9 Å². The normalized spacial score (nSPS) is 15.2. The van der Waals surface area contributed by atoms with Crippen molar-refractivity contribution >= 4 is 29.9 Å². The molecule has 1 aromatic rings. The molecule has 1 heterocycles. The van der Waals surface area contributed by atoms with Gasteiger partial charge in [-0.1, -0.05) is 6.07 Å². The predicted octanol–water partition coefficient (Wildman–Crippen LogP) is 2.45. The van der Waals surface area contributed by atoms with Crippen LogP contribution in [0.5, 0.6) is 11.5 Å². The third-order valence-electron chi connectivity index (χ3n) is 3.28. The van der Waals surface area contributed by atoms with Crippen molar-refractivity contribution in [2.24, 2.45) is 10.7 Å². The van der Waals surface area contributed by atoms with Crippen LogP contribution >= 0.6 is 24.0 Å². The van der Waals surface area contributed by atoms with Gasteiger partial charge in [0.15, 0.2) is 17.5 Å². The zero-order chi connectivity index (χ0) is 16.7. The summed E-state index contributed by atoms with van der Waals surface area (Å²) in [5.74, 6) is 0.723. The molecule has 0 aromatic heterocycles. The highest BCUT2D eigenvalue weighted by Gasteiger charge is 2.13. The monoisotopic (exact) mass is 457 g/mol. The summed E-state index contributed by atoms with van der Waals surface area (Å²) < 4.78 is 39.8. The van der Waals surface area contributed by atoms with Gasteiger partial charge in [-0.15, -0.1) is 24.0 Å². The van der Waals surface area contributed by atoms with Crippen LogP contribution in [-0.2, 0) is 11.3 Å². The van der Waals surface area contributed by atoms with Crippen molar-refractivity contribution in [3.8, 4) is 11.5 Å². The second-order valence-corrected chi connectivity index (χ2v) is 4.87. The van der Waals surface area contributed by atoms with Gasteiger partial charge in [-0.05, 0) is 24.6 Å². The van der Waals surface area contributed by atoms with E-state index in [2.05, 4.69) is 9.73 Å². The Bertz CT molecular complexity index is 541. The second-order valence-electron chi connectivity index (χ2n) is 4.87. The molecule has 1 aromatic carbocycles. The van der Waals surface area contributed by atoms with Gasteiger partial charge in [-0.2, -0.15) is 8.78 Å². The molecule has 2 rings (SSSR count). The van der Waals surface area contributed by atoms with E-state index in [9.17, 15) is 8.78 Å². The number of morpholine rings is 1. The van der Waals surface area contributed by atoms with Gasteiger partial charge < -0.3 is 24.8 Å². The first-order valence-corrected chi connectivity index (χ1v) is 7.43. The average molecular weight is 457 g/mol. The van der Waals surface area contributed by atoms with Crippen molar-refractivity contribution in [2.45, 2.75) is 20.1 Å². The molecular weight excluding hydrogens is 435 g/mol. The van der Waals surface area contributed by atoms with E-state index >= 15 is 0 Å². The van der Waals surface area contributed by atoms with Crippen molar-refractivity contribution in [3.63, 3.8) is 0 Å². The minimum atomic E-state index is -2.89. The number of benzene rings is 1. The highest BCUT2D eigenvalue weighted by molar-refractivity contribution is 14.0. The molecule has 1 fully saturated rings. The van der Waals surface area contributed by atoms with E-state index in [1.165, 1.54) is 6.07 Å². The number of ether oxygens (including phenoxy) is 3. The Balaban J connectivity index is 0.00000288. The van der Waals surface area contributed by atoms with E-state index in [-0.39, 0.29) is 35.5 Å². The van der Waals surface area contributed by atoms with Crippen LogP contribution in [0.2, 0.25) is 0 Å². The number of alkyl halides is 2. The first-order valence-electron chi connectivity index (χ1n) is 7.43. The molecule has 0 amide bonds. The van der Waals surface area contributed by atoms with Crippen LogP contribution in [0, 0.1) is 0 Å². The van der Waals surface area contributed by atoms with Gasteiger partial charge in [0.25, 0.3) is 0 Å². The molecule has 0 aliphatic carbocycles. The van der Waals surface area contributed by atoms with E-state index in [1.807, 2.05) is 4.90 Å². The maximum absolute atomic E-state index is 12.4. The zero-order valence-electron chi connectivity index (χ0n) is 13.4. The molecule has 9 heteroatoms. The SMILES string of the molecule is CCOc1cc(CN=C(N)N2CCOCC2)ccc1OC(F)F.I. The van der Waals surface area contributed by atoms with Gasteiger partial charge in [0.2, 0.25) is 0 Å². The molecule has 0 radical (unpaired) electrons. The topological polar surface area (TPSA) is 69.3 Å². The Morgan fingerprint density at radius 2 is 2.04 bits per heavy atom. The standard InChI is InChI=1S/C15H21F2N3O3.HI/c1-2-22-13-9-11(3-4-12(13)23-14(16)17)10-19-15(18)20-5-7-21-8-6-20;/h3-4,9,14H,2,5-8,10H2,1H3,(H2,18,19);1H. The summed E-state index contributed by atoms with van der Waals surface area (Å²) in [6, 6.07) is 4.75. The molecule has 0 unspecified atom stereocenters. The lowest BCUT2D eigenvalue weighted by atomic mass is 10.2. The first-order chi connectivity index (χ1) is 11.1. The lowest BCUT2D eigenvalue weighted by Crippen LogP contribution is -2.44. The van der Waals surface area contributed by atoms with E-state index in [4.69, 9.17) is 15.2 Å². The van der Waals surface area contributed by atoms with E-state index in [0.29, 0.717) is 45.4 Å². The number of rotatable bonds is 6. The number of aliphatic imine (C=N–C) groups is 1. The maximum atomic E-state index is 12.4. The van der Waals surface area contributed by atoms with Crippen molar-refractivity contribution < 1.29 is 23.0 Å². The van der Waals surface area contributed by atoms with Gasteiger partial charge in [0.1, 0.15) is 0 Å². The number of hydrogen-bond acceptors (Lipinski definition) is 4. The molecule has 1 aliphatic heterocycles. The lowest BCUT2D eigenvalue weighted by molar-refractivity contribution is -0.0514. The molecule has 6 nitrogen and oxygen atoms in total. The Kier molecular flexibility index (Phi) is 9.04. The number of nitrogens with zero attached hydrogens (tertiary/aromatic N) is 2. The van der Waals surface area contributed by atoms with Crippen LogP contribution in [0.3, 0.4) is 0 Å². The maximum Gasteiger partial charge on any atom is 0.387 e. The highest BCUT2D eigenvalue weighted by Crippen LogP contribution is 2.30. The number of hydrogen-bond donors (Lipinski definition) is 1. The molecule has 1 aliphatic rings. The summed E-state index contributed by atoms with van der Waals surface area (Å²) in [5.41, 5.74) is 6.75. The van der Waals surface area contributed by atoms with E-state index in [0.717, 1.165) is 5.56 Å². The smallest absolute Gasteiger partial charge is 0.387 e. The molecular formula is C15H22F2IN3O3. The minimum Gasteiger partial charge on any atom is -0.490 e. The van der Waals surface area contributed by atoms with Crippen LogP contribution < -0.4 is 15.2 Å². The van der Waals surface area contributed by atoms with Crippen LogP contribution in [-0.4, -0.2) is 50.4 Å². The zero-order valence-corrected chi connectivity index (χ0v) is 15.7. The molecule has 136 valence electrons. The predicted molar refractivity (Wildman–Crippen MR) is 97.4 cm³/mol. The van der Waals surface area contributed by atoms with E-state index in [1.54, 1.807) is 19.1 Å². The molecule has 2 N–H and O–H groups in total.